The third kappa shape index (κ3) is 3.31. The first-order chi connectivity index (χ1) is 9.24. The van der Waals surface area contributed by atoms with Gasteiger partial charge in [-0.3, -0.25) is 4.98 Å². The molecule has 1 aromatic rings. The molecule has 2 N–H and O–H groups in total. The van der Waals surface area contributed by atoms with Gasteiger partial charge in [0.15, 0.2) is 0 Å². The number of nitrogens with two attached hydrogens (primary N) is 1. The predicted molar refractivity (Wildman–Crippen MR) is 70.7 cm³/mol. The van der Waals surface area contributed by atoms with Crippen LogP contribution in [0.1, 0.15) is 12.6 Å². The Hall–Kier alpha value is -1.89. The lowest BCUT2D eigenvalue weighted by Crippen LogP contribution is -2.49. The molecule has 0 bridgehead atoms. The number of hydrogen-bond donors (Lipinski definition) is 1. The van der Waals surface area contributed by atoms with Crippen LogP contribution in [0.5, 0.6) is 0 Å². The summed E-state index contributed by atoms with van der Waals surface area (Å²) in [4.78, 5) is 23.9. The third-order valence-corrected chi connectivity index (χ3v) is 3.03. The summed E-state index contributed by atoms with van der Waals surface area (Å²) in [5, 5.41) is 0. The molecule has 1 fully saturated rings. The number of carbonyl (C=O) groups is 1. The third-order valence-electron chi connectivity index (χ3n) is 3.03. The topological polar surface area (TPSA) is 84.6 Å². The lowest BCUT2D eigenvalue weighted by Gasteiger charge is -2.34. The molecule has 1 saturated heterocycles. The Bertz CT molecular complexity index is 415. The quantitative estimate of drug-likeness (QED) is 0.841. The Balaban J connectivity index is 1.90. The minimum atomic E-state index is -0.244. The van der Waals surface area contributed by atoms with Gasteiger partial charge in [0.2, 0.25) is 0 Å². The van der Waals surface area contributed by atoms with Crippen LogP contribution in [0, 0.1) is 0 Å². The highest BCUT2D eigenvalue weighted by Crippen LogP contribution is 2.12. The van der Waals surface area contributed by atoms with E-state index >= 15 is 0 Å². The van der Waals surface area contributed by atoms with Crippen molar-refractivity contribution < 1.29 is 9.53 Å². The molecule has 1 aromatic heterocycles. The van der Waals surface area contributed by atoms with Gasteiger partial charge in [-0.05, 0) is 6.92 Å². The zero-order chi connectivity index (χ0) is 13.7. The van der Waals surface area contributed by atoms with Gasteiger partial charge in [0.1, 0.15) is 5.82 Å². The van der Waals surface area contributed by atoms with E-state index in [1.165, 1.54) is 0 Å². The minimum absolute atomic E-state index is 0.244. The van der Waals surface area contributed by atoms with Crippen LogP contribution in [0.25, 0.3) is 0 Å². The van der Waals surface area contributed by atoms with Gasteiger partial charge in [-0.25, -0.2) is 9.78 Å². The molecule has 19 heavy (non-hydrogen) atoms. The predicted octanol–water partition coefficient (Wildman–Crippen LogP) is 0.214. The molecular weight excluding hydrogens is 246 g/mol. The fourth-order valence-corrected chi connectivity index (χ4v) is 1.95. The molecule has 1 aliphatic rings. The fourth-order valence-electron chi connectivity index (χ4n) is 1.95. The lowest BCUT2D eigenvalue weighted by molar-refractivity contribution is 0.105. The molecule has 0 radical (unpaired) electrons. The highest BCUT2D eigenvalue weighted by atomic mass is 16.6. The van der Waals surface area contributed by atoms with Gasteiger partial charge >= 0.3 is 6.09 Å². The molecule has 1 aliphatic heterocycles. The van der Waals surface area contributed by atoms with Crippen molar-refractivity contribution in [2.75, 3.05) is 37.7 Å². The van der Waals surface area contributed by atoms with Gasteiger partial charge in [0, 0.05) is 32.7 Å². The Labute approximate surface area is 112 Å². The summed E-state index contributed by atoms with van der Waals surface area (Å²) < 4.78 is 4.98. The maximum atomic E-state index is 11.6. The van der Waals surface area contributed by atoms with E-state index in [1.54, 1.807) is 17.3 Å². The summed E-state index contributed by atoms with van der Waals surface area (Å²) in [6, 6.07) is 0. The number of ether oxygens (including phenoxy) is 1. The number of carbonyl (C=O) groups excluding carboxylic acids is 1. The summed E-state index contributed by atoms with van der Waals surface area (Å²) >= 11 is 0. The van der Waals surface area contributed by atoms with Gasteiger partial charge in [0.05, 0.1) is 24.7 Å². The maximum absolute atomic E-state index is 11.6. The van der Waals surface area contributed by atoms with Gasteiger partial charge in [-0.1, -0.05) is 0 Å². The van der Waals surface area contributed by atoms with Crippen LogP contribution in [0.3, 0.4) is 0 Å². The summed E-state index contributed by atoms with van der Waals surface area (Å²) in [7, 11) is 0. The fraction of sp³-hybridized carbons (Fsp3) is 0.583. The van der Waals surface area contributed by atoms with Crippen LogP contribution in [0.4, 0.5) is 10.6 Å². The standard InChI is InChI=1S/C12H19N5O2/c1-2-19-12(18)17-5-3-16(4-6-17)11-9-14-10(7-13)8-15-11/h8-9H,2-7,13H2,1H3. The SMILES string of the molecule is CCOC(=O)N1CCN(c2cnc(CN)cn2)CC1. The molecule has 2 rings (SSSR count). The smallest absolute Gasteiger partial charge is 0.409 e. The van der Waals surface area contributed by atoms with Crippen LogP contribution in [0.2, 0.25) is 0 Å². The van der Waals surface area contributed by atoms with E-state index in [0.29, 0.717) is 26.2 Å². The van der Waals surface area contributed by atoms with Crippen molar-refractivity contribution in [2.45, 2.75) is 13.5 Å². The second-order valence-corrected chi connectivity index (χ2v) is 4.24. The van der Waals surface area contributed by atoms with Gasteiger partial charge < -0.3 is 20.3 Å². The van der Waals surface area contributed by atoms with Crippen molar-refractivity contribution >= 4 is 11.9 Å². The van der Waals surface area contributed by atoms with Crippen molar-refractivity contribution in [3.63, 3.8) is 0 Å². The molecular formula is C12H19N5O2. The van der Waals surface area contributed by atoms with Crippen LogP contribution in [-0.2, 0) is 11.3 Å². The molecule has 0 spiro atoms. The van der Waals surface area contributed by atoms with E-state index in [2.05, 4.69) is 14.9 Å². The van der Waals surface area contributed by atoms with Crippen LogP contribution < -0.4 is 10.6 Å². The van der Waals surface area contributed by atoms with E-state index in [-0.39, 0.29) is 6.09 Å². The molecule has 0 aromatic carbocycles. The van der Waals surface area contributed by atoms with Gasteiger partial charge in [-0.2, -0.15) is 0 Å². The molecule has 0 saturated carbocycles. The first-order valence-corrected chi connectivity index (χ1v) is 6.42. The first kappa shape index (κ1) is 13.5. The van der Waals surface area contributed by atoms with E-state index in [0.717, 1.165) is 24.6 Å². The molecule has 7 heteroatoms. The molecule has 0 aliphatic carbocycles. The molecule has 1 amide bonds. The Kier molecular flexibility index (Phi) is 4.51. The van der Waals surface area contributed by atoms with E-state index < -0.39 is 0 Å². The number of hydrogen-bond acceptors (Lipinski definition) is 6. The molecule has 104 valence electrons. The van der Waals surface area contributed by atoms with Crippen molar-refractivity contribution in [1.29, 1.82) is 0 Å². The van der Waals surface area contributed by atoms with Crippen molar-refractivity contribution in [2.24, 2.45) is 5.73 Å². The number of nitrogens with zero attached hydrogens (tertiary/aromatic N) is 4. The van der Waals surface area contributed by atoms with E-state index in [9.17, 15) is 4.79 Å². The van der Waals surface area contributed by atoms with Crippen LogP contribution >= 0.6 is 0 Å². The van der Waals surface area contributed by atoms with Crippen LogP contribution in [0.15, 0.2) is 12.4 Å². The number of rotatable bonds is 3. The average molecular weight is 265 g/mol. The highest BCUT2D eigenvalue weighted by Gasteiger charge is 2.22. The lowest BCUT2D eigenvalue weighted by atomic mass is 10.3. The molecule has 0 atom stereocenters. The van der Waals surface area contributed by atoms with E-state index in [4.69, 9.17) is 10.5 Å². The number of piperazine rings is 1. The zero-order valence-electron chi connectivity index (χ0n) is 11.1. The molecule has 0 unspecified atom stereocenters. The Morgan fingerprint density at radius 2 is 2.05 bits per heavy atom. The van der Waals surface area contributed by atoms with E-state index in [1.807, 2.05) is 6.92 Å². The Morgan fingerprint density at radius 3 is 2.58 bits per heavy atom. The zero-order valence-corrected chi connectivity index (χ0v) is 11.1. The van der Waals surface area contributed by atoms with Gasteiger partial charge in [-0.15, -0.1) is 0 Å². The highest BCUT2D eigenvalue weighted by molar-refractivity contribution is 5.68. The number of anilines is 1. The monoisotopic (exact) mass is 265 g/mol. The summed E-state index contributed by atoms with van der Waals surface area (Å²) in [6.45, 7) is 5.35. The van der Waals surface area contributed by atoms with Crippen molar-refractivity contribution in [3.05, 3.63) is 18.1 Å². The van der Waals surface area contributed by atoms with Crippen molar-refractivity contribution in [3.8, 4) is 0 Å². The summed E-state index contributed by atoms with van der Waals surface area (Å²) in [5.74, 6) is 0.820. The second kappa shape index (κ2) is 6.33. The average Bonchev–Trinajstić information content (AvgIpc) is 2.48. The first-order valence-electron chi connectivity index (χ1n) is 6.42. The van der Waals surface area contributed by atoms with Gasteiger partial charge in [0.25, 0.3) is 0 Å². The molecule has 7 nitrogen and oxygen atoms in total. The Morgan fingerprint density at radius 1 is 1.32 bits per heavy atom. The van der Waals surface area contributed by atoms with Crippen molar-refractivity contribution in [1.82, 2.24) is 14.9 Å². The maximum Gasteiger partial charge on any atom is 0.409 e. The summed E-state index contributed by atoms with van der Waals surface area (Å²) in [6.07, 6.45) is 3.17. The minimum Gasteiger partial charge on any atom is -0.450 e. The molecule has 2 heterocycles. The largest absolute Gasteiger partial charge is 0.450 e. The normalized spacial score (nSPS) is 15.5. The van der Waals surface area contributed by atoms with Crippen LogP contribution in [-0.4, -0.2) is 53.7 Å². The summed E-state index contributed by atoms with van der Waals surface area (Å²) in [5.41, 5.74) is 6.26. The number of amides is 1. The number of aromatic nitrogens is 2. The second-order valence-electron chi connectivity index (χ2n) is 4.24.